The van der Waals surface area contributed by atoms with E-state index in [0.717, 1.165) is 38.8 Å². The van der Waals surface area contributed by atoms with Crippen LogP contribution in [0.4, 0.5) is 14.5 Å². The molecule has 0 atom stereocenters. The summed E-state index contributed by atoms with van der Waals surface area (Å²) >= 11 is 0. The third kappa shape index (κ3) is 2.25. The molecule has 3 nitrogen and oxygen atoms in total. The molecule has 108 valence electrons. The predicted molar refractivity (Wildman–Crippen MR) is 71.0 cm³/mol. The number of halogens is 2. The number of hydrogen-bond donors (Lipinski definition) is 1. The summed E-state index contributed by atoms with van der Waals surface area (Å²) in [4.78, 5) is 13.1. The maximum Gasteiger partial charge on any atom is 0.304 e. The van der Waals surface area contributed by atoms with Gasteiger partial charge in [0.2, 0.25) is 0 Å². The van der Waals surface area contributed by atoms with E-state index in [1.54, 1.807) is 0 Å². The van der Waals surface area contributed by atoms with E-state index in [4.69, 9.17) is 5.11 Å². The van der Waals surface area contributed by atoms with Gasteiger partial charge in [-0.25, -0.2) is 8.78 Å². The highest BCUT2D eigenvalue weighted by atomic mass is 19.2. The Morgan fingerprint density at radius 3 is 2.35 bits per heavy atom. The summed E-state index contributed by atoms with van der Waals surface area (Å²) < 4.78 is 27.2. The van der Waals surface area contributed by atoms with Crippen LogP contribution in [0.3, 0.4) is 0 Å². The Labute approximate surface area is 116 Å². The first-order valence-corrected chi connectivity index (χ1v) is 6.98. The maximum atomic E-state index is 13.6. The van der Waals surface area contributed by atoms with Crippen molar-refractivity contribution < 1.29 is 18.7 Å². The lowest BCUT2D eigenvalue weighted by Crippen LogP contribution is -2.23. The molecular formula is C15H17F2NO2. The van der Waals surface area contributed by atoms with Crippen molar-refractivity contribution in [3.63, 3.8) is 0 Å². The van der Waals surface area contributed by atoms with Crippen LogP contribution in [-0.2, 0) is 10.2 Å². The van der Waals surface area contributed by atoms with Crippen molar-refractivity contribution in [2.24, 2.45) is 0 Å². The first-order valence-electron chi connectivity index (χ1n) is 6.98. The number of carboxylic acid groups (broad SMARTS) is 1. The Balaban J connectivity index is 2.04. The molecule has 0 bridgehead atoms. The summed E-state index contributed by atoms with van der Waals surface area (Å²) in [5.74, 6) is -2.64. The fourth-order valence-electron chi connectivity index (χ4n) is 3.16. The Morgan fingerprint density at radius 2 is 1.80 bits per heavy atom. The fourth-order valence-corrected chi connectivity index (χ4v) is 3.16. The van der Waals surface area contributed by atoms with Gasteiger partial charge < -0.3 is 10.0 Å². The largest absolute Gasteiger partial charge is 0.481 e. The van der Waals surface area contributed by atoms with E-state index < -0.39 is 23.0 Å². The SMILES string of the molecule is O=C(O)CC1(c2cc(F)c(F)cc2N2CCCC2)CC1. The van der Waals surface area contributed by atoms with Crippen LogP contribution in [0.25, 0.3) is 0 Å². The maximum absolute atomic E-state index is 13.6. The van der Waals surface area contributed by atoms with E-state index in [1.807, 2.05) is 4.90 Å². The van der Waals surface area contributed by atoms with Gasteiger partial charge in [0.1, 0.15) is 0 Å². The van der Waals surface area contributed by atoms with Gasteiger partial charge in [0.05, 0.1) is 6.42 Å². The second-order valence-corrected chi connectivity index (χ2v) is 5.83. The lowest BCUT2D eigenvalue weighted by molar-refractivity contribution is -0.137. The van der Waals surface area contributed by atoms with Crippen LogP contribution >= 0.6 is 0 Å². The van der Waals surface area contributed by atoms with Crippen molar-refractivity contribution >= 4 is 11.7 Å². The molecule has 20 heavy (non-hydrogen) atoms. The van der Waals surface area contributed by atoms with Crippen LogP contribution < -0.4 is 4.90 Å². The zero-order valence-electron chi connectivity index (χ0n) is 11.2. The van der Waals surface area contributed by atoms with E-state index in [1.165, 1.54) is 12.1 Å². The van der Waals surface area contributed by atoms with Crippen LogP contribution in [0.5, 0.6) is 0 Å². The molecule has 0 amide bonds. The van der Waals surface area contributed by atoms with Crippen LogP contribution in [-0.4, -0.2) is 24.2 Å². The normalized spacial score (nSPS) is 20.2. The van der Waals surface area contributed by atoms with Gasteiger partial charge in [0.15, 0.2) is 11.6 Å². The summed E-state index contributed by atoms with van der Waals surface area (Å²) in [6, 6.07) is 2.44. The molecule has 1 heterocycles. The molecule has 5 heteroatoms. The van der Waals surface area contributed by atoms with Gasteiger partial charge >= 0.3 is 5.97 Å². The number of aliphatic carboxylic acids is 1. The molecule has 0 unspecified atom stereocenters. The van der Waals surface area contributed by atoms with Gasteiger partial charge in [-0.15, -0.1) is 0 Å². The molecule has 1 saturated carbocycles. The molecule has 1 saturated heterocycles. The second-order valence-electron chi connectivity index (χ2n) is 5.83. The monoisotopic (exact) mass is 281 g/mol. The van der Waals surface area contributed by atoms with Crippen molar-refractivity contribution in [3.8, 4) is 0 Å². The zero-order chi connectivity index (χ0) is 14.3. The number of nitrogens with zero attached hydrogens (tertiary/aromatic N) is 1. The third-order valence-corrected chi connectivity index (χ3v) is 4.40. The van der Waals surface area contributed by atoms with Gasteiger partial charge in [-0.05, 0) is 37.3 Å². The number of carboxylic acids is 1. The van der Waals surface area contributed by atoms with Gasteiger partial charge in [0, 0.05) is 30.3 Å². The highest BCUT2D eigenvalue weighted by Gasteiger charge is 2.48. The summed E-state index contributed by atoms with van der Waals surface area (Å²) in [6.07, 6.45) is 3.50. The molecule has 1 aliphatic carbocycles. The highest BCUT2D eigenvalue weighted by Crippen LogP contribution is 2.54. The third-order valence-electron chi connectivity index (χ3n) is 4.40. The number of rotatable bonds is 4. The zero-order valence-corrected chi connectivity index (χ0v) is 11.2. The number of carbonyl (C=O) groups is 1. The molecule has 1 aliphatic heterocycles. The van der Waals surface area contributed by atoms with Crippen molar-refractivity contribution in [2.45, 2.75) is 37.5 Å². The smallest absolute Gasteiger partial charge is 0.304 e. The minimum atomic E-state index is -0.889. The van der Waals surface area contributed by atoms with Crippen molar-refractivity contribution in [1.29, 1.82) is 0 Å². The van der Waals surface area contributed by atoms with Gasteiger partial charge in [-0.3, -0.25) is 4.79 Å². The summed E-state index contributed by atoms with van der Waals surface area (Å²) in [6.45, 7) is 1.64. The first kappa shape index (κ1) is 13.3. The Kier molecular flexibility index (Phi) is 3.15. The van der Waals surface area contributed by atoms with Crippen molar-refractivity contribution in [2.75, 3.05) is 18.0 Å². The minimum Gasteiger partial charge on any atom is -0.481 e. The van der Waals surface area contributed by atoms with Crippen LogP contribution in [0, 0.1) is 11.6 Å². The van der Waals surface area contributed by atoms with Crippen LogP contribution in [0.1, 0.15) is 37.7 Å². The van der Waals surface area contributed by atoms with E-state index in [-0.39, 0.29) is 6.42 Å². The van der Waals surface area contributed by atoms with Crippen LogP contribution in [0.2, 0.25) is 0 Å². The van der Waals surface area contributed by atoms with Gasteiger partial charge in [0.25, 0.3) is 0 Å². The number of hydrogen-bond acceptors (Lipinski definition) is 2. The summed E-state index contributed by atoms with van der Waals surface area (Å²) in [7, 11) is 0. The quantitative estimate of drug-likeness (QED) is 0.922. The molecule has 2 fully saturated rings. The van der Waals surface area contributed by atoms with E-state index in [2.05, 4.69) is 0 Å². The first-order chi connectivity index (χ1) is 9.52. The lowest BCUT2D eigenvalue weighted by atomic mass is 9.90. The van der Waals surface area contributed by atoms with Crippen molar-refractivity contribution in [1.82, 2.24) is 0 Å². The second kappa shape index (κ2) is 4.72. The van der Waals surface area contributed by atoms with E-state index >= 15 is 0 Å². The molecule has 1 aromatic carbocycles. The Morgan fingerprint density at radius 1 is 1.20 bits per heavy atom. The topological polar surface area (TPSA) is 40.5 Å². The molecular weight excluding hydrogens is 264 g/mol. The summed E-state index contributed by atoms with van der Waals surface area (Å²) in [5.41, 5.74) is 0.846. The fraction of sp³-hybridized carbons (Fsp3) is 0.533. The number of anilines is 1. The molecule has 0 radical (unpaired) electrons. The molecule has 0 spiro atoms. The Hall–Kier alpha value is -1.65. The lowest BCUT2D eigenvalue weighted by Gasteiger charge is -2.25. The molecule has 0 aromatic heterocycles. The molecule has 1 aromatic rings. The van der Waals surface area contributed by atoms with Crippen molar-refractivity contribution in [3.05, 3.63) is 29.3 Å². The molecule has 2 aliphatic rings. The Bertz CT molecular complexity index is 549. The average molecular weight is 281 g/mol. The highest BCUT2D eigenvalue weighted by molar-refractivity contribution is 5.72. The minimum absolute atomic E-state index is 0.0150. The summed E-state index contributed by atoms with van der Waals surface area (Å²) in [5, 5.41) is 9.05. The van der Waals surface area contributed by atoms with Gasteiger partial charge in [-0.1, -0.05) is 0 Å². The molecule has 1 N–H and O–H groups in total. The van der Waals surface area contributed by atoms with E-state index in [9.17, 15) is 13.6 Å². The van der Waals surface area contributed by atoms with E-state index in [0.29, 0.717) is 11.3 Å². The average Bonchev–Trinajstić information content (AvgIpc) is 2.95. The predicted octanol–water partition coefficient (Wildman–Crippen LogP) is 3.07. The molecule has 3 rings (SSSR count). The van der Waals surface area contributed by atoms with Crippen LogP contribution in [0.15, 0.2) is 12.1 Å². The number of benzene rings is 1. The van der Waals surface area contributed by atoms with Gasteiger partial charge in [-0.2, -0.15) is 0 Å². The standard InChI is InChI=1S/C15H17F2NO2/c16-11-7-10(15(3-4-15)9-14(19)20)13(8-12(11)17)18-5-1-2-6-18/h7-8H,1-6,9H2,(H,19,20).